The summed E-state index contributed by atoms with van der Waals surface area (Å²) in [5.41, 5.74) is 0. The first-order chi connectivity index (χ1) is 5.79. The Bertz CT molecular complexity index is 386. The second-order valence-corrected chi connectivity index (χ2v) is 4.15. The van der Waals surface area contributed by atoms with Gasteiger partial charge in [-0.25, -0.2) is 0 Å². The molecule has 0 spiro atoms. The van der Waals surface area contributed by atoms with Crippen molar-refractivity contribution in [3.63, 3.8) is 0 Å². The van der Waals surface area contributed by atoms with Gasteiger partial charge in [-0.1, -0.05) is 35.9 Å². The highest BCUT2D eigenvalue weighted by Crippen LogP contribution is 2.27. The number of rotatable bonds is 0. The first-order valence-electron chi connectivity index (χ1n) is 3.62. The van der Waals surface area contributed by atoms with E-state index in [0.29, 0.717) is 0 Å². The van der Waals surface area contributed by atoms with Crippen LogP contribution in [0.4, 0.5) is 0 Å². The third kappa shape index (κ3) is 1.31. The molecule has 0 bridgehead atoms. The average Bonchev–Trinajstić information content (AvgIpc) is 2.04. The Kier molecular flexibility index (Phi) is 2.24. The summed E-state index contributed by atoms with van der Waals surface area (Å²) >= 11 is 8.36. The van der Waals surface area contributed by atoms with E-state index in [4.69, 9.17) is 11.6 Å². The summed E-state index contributed by atoms with van der Waals surface area (Å²) in [4.78, 5) is 0. The summed E-state index contributed by atoms with van der Waals surface area (Å²) in [7, 11) is 0. The monoisotopic (exact) mass is 288 g/mol. The van der Waals surface area contributed by atoms with E-state index in [9.17, 15) is 0 Å². The molecule has 0 saturated carbocycles. The zero-order valence-corrected chi connectivity index (χ0v) is 9.13. The van der Waals surface area contributed by atoms with Gasteiger partial charge in [-0.05, 0) is 40.1 Å². The van der Waals surface area contributed by atoms with Crippen molar-refractivity contribution in [1.82, 2.24) is 0 Å². The lowest BCUT2D eigenvalue weighted by Crippen LogP contribution is -1.77. The summed E-state index contributed by atoms with van der Waals surface area (Å²) < 4.78 is 1.20. The average molecular weight is 289 g/mol. The van der Waals surface area contributed by atoms with Crippen molar-refractivity contribution in [3.8, 4) is 0 Å². The second-order valence-electron chi connectivity index (χ2n) is 2.58. The van der Waals surface area contributed by atoms with E-state index in [-0.39, 0.29) is 0 Å². The molecule has 0 N–H and O–H groups in total. The Morgan fingerprint density at radius 1 is 1.00 bits per heavy atom. The topological polar surface area (TPSA) is 0 Å². The van der Waals surface area contributed by atoms with Crippen LogP contribution in [0.5, 0.6) is 0 Å². The molecule has 2 heteroatoms. The molecule has 0 aromatic heterocycles. The molecule has 0 nitrogen and oxygen atoms in total. The highest BCUT2D eigenvalue weighted by molar-refractivity contribution is 14.1. The van der Waals surface area contributed by atoms with E-state index >= 15 is 0 Å². The lowest BCUT2D eigenvalue weighted by Gasteiger charge is -2.01. The van der Waals surface area contributed by atoms with Crippen LogP contribution in [0, 0.1) is 3.57 Å². The van der Waals surface area contributed by atoms with E-state index in [1.807, 2.05) is 18.2 Å². The fourth-order valence-electron chi connectivity index (χ4n) is 1.25. The van der Waals surface area contributed by atoms with Crippen molar-refractivity contribution >= 4 is 45.0 Å². The first-order valence-corrected chi connectivity index (χ1v) is 5.07. The lowest BCUT2D eigenvalue weighted by molar-refractivity contribution is 1.70. The fraction of sp³-hybridized carbons (Fsp3) is 0. The number of benzene rings is 2. The van der Waals surface area contributed by atoms with Gasteiger partial charge in [0.25, 0.3) is 0 Å². The van der Waals surface area contributed by atoms with Gasteiger partial charge in [0.15, 0.2) is 0 Å². The van der Waals surface area contributed by atoms with Gasteiger partial charge in [0.1, 0.15) is 0 Å². The van der Waals surface area contributed by atoms with Gasteiger partial charge < -0.3 is 0 Å². The maximum atomic E-state index is 6.06. The highest BCUT2D eigenvalue weighted by Gasteiger charge is 2.00. The minimum Gasteiger partial charge on any atom is -0.0836 e. The molecule has 0 fully saturated rings. The van der Waals surface area contributed by atoms with Crippen LogP contribution in [0.15, 0.2) is 36.4 Å². The molecule has 0 aliphatic carbocycles. The normalized spacial score (nSPS) is 10.5. The van der Waals surface area contributed by atoms with Gasteiger partial charge in [0, 0.05) is 14.0 Å². The highest BCUT2D eigenvalue weighted by atomic mass is 127. The van der Waals surface area contributed by atoms with Gasteiger partial charge in [-0.2, -0.15) is 0 Å². The lowest BCUT2D eigenvalue weighted by atomic mass is 10.1. The predicted molar refractivity (Wildman–Crippen MR) is 61.7 cm³/mol. The fourth-order valence-corrected chi connectivity index (χ4v) is 2.50. The molecule has 2 aromatic carbocycles. The van der Waals surface area contributed by atoms with E-state index in [2.05, 4.69) is 40.8 Å². The van der Waals surface area contributed by atoms with Crippen molar-refractivity contribution in [2.24, 2.45) is 0 Å². The molecule has 0 heterocycles. The molecule has 2 rings (SSSR count). The second kappa shape index (κ2) is 3.23. The number of hydrogen-bond donors (Lipinski definition) is 0. The van der Waals surface area contributed by atoms with E-state index in [1.54, 1.807) is 0 Å². The summed E-state index contributed by atoms with van der Waals surface area (Å²) in [6.45, 7) is 0. The van der Waals surface area contributed by atoms with Crippen LogP contribution in [0.25, 0.3) is 10.8 Å². The summed E-state index contributed by atoms with van der Waals surface area (Å²) in [6.07, 6.45) is 0. The molecule has 0 aliphatic rings. The minimum atomic E-state index is 0.831. The molecule has 0 amide bonds. The molecule has 0 radical (unpaired) electrons. The Morgan fingerprint density at radius 2 is 1.67 bits per heavy atom. The van der Waals surface area contributed by atoms with Crippen molar-refractivity contribution in [2.75, 3.05) is 0 Å². The molecule has 12 heavy (non-hydrogen) atoms. The molecule has 0 aliphatic heterocycles. The summed E-state index contributed by atoms with van der Waals surface area (Å²) in [5, 5.41) is 3.19. The number of fused-ring (bicyclic) bond motifs is 1. The van der Waals surface area contributed by atoms with Gasteiger partial charge in [0.05, 0.1) is 0 Å². The summed E-state index contributed by atoms with van der Waals surface area (Å²) in [6, 6.07) is 12.1. The molecular formula is C10H6ClI. The quantitative estimate of drug-likeness (QED) is 0.640. The molecule has 2 aromatic rings. The molecule has 60 valence electrons. The molecular weight excluding hydrogens is 282 g/mol. The van der Waals surface area contributed by atoms with E-state index in [1.165, 1.54) is 8.96 Å². The zero-order chi connectivity index (χ0) is 8.55. The Morgan fingerprint density at radius 3 is 2.33 bits per heavy atom. The van der Waals surface area contributed by atoms with Crippen LogP contribution in [0.3, 0.4) is 0 Å². The SMILES string of the molecule is Clc1cccc2cccc(I)c12. The van der Waals surface area contributed by atoms with Crippen LogP contribution in [0.2, 0.25) is 5.02 Å². The Balaban J connectivity index is 2.96. The first kappa shape index (κ1) is 8.32. The largest absolute Gasteiger partial charge is 0.0836 e. The standard InChI is InChI=1S/C10H6ClI/c11-8-5-1-3-7-4-2-6-9(12)10(7)8/h1-6H. The van der Waals surface area contributed by atoms with Crippen LogP contribution in [0.1, 0.15) is 0 Å². The maximum Gasteiger partial charge on any atom is 0.0495 e. The van der Waals surface area contributed by atoms with Crippen molar-refractivity contribution in [1.29, 1.82) is 0 Å². The van der Waals surface area contributed by atoms with Crippen LogP contribution >= 0.6 is 34.2 Å². The molecule has 0 atom stereocenters. The van der Waals surface area contributed by atoms with Gasteiger partial charge >= 0.3 is 0 Å². The van der Waals surface area contributed by atoms with Crippen LogP contribution in [-0.2, 0) is 0 Å². The van der Waals surface area contributed by atoms with Gasteiger partial charge in [0.2, 0.25) is 0 Å². The number of halogens is 2. The van der Waals surface area contributed by atoms with Crippen LogP contribution in [-0.4, -0.2) is 0 Å². The van der Waals surface area contributed by atoms with Crippen molar-refractivity contribution in [3.05, 3.63) is 45.0 Å². The summed E-state index contributed by atoms with van der Waals surface area (Å²) in [5.74, 6) is 0. The van der Waals surface area contributed by atoms with E-state index < -0.39 is 0 Å². The third-order valence-electron chi connectivity index (χ3n) is 1.80. The Labute approximate surface area is 89.7 Å². The minimum absolute atomic E-state index is 0.831. The third-order valence-corrected chi connectivity index (χ3v) is 3.02. The zero-order valence-electron chi connectivity index (χ0n) is 6.22. The van der Waals surface area contributed by atoms with Gasteiger partial charge in [-0.3, -0.25) is 0 Å². The predicted octanol–water partition coefficient (Wildman–Crippen LogP) is 4.10. The van der Waals surface area contributed by atoms with Crippen molar-refractivity contribution < 1.29 is 0 Å². The van der Waals surface area contributed by atoms with E-state index in [0.717, 1.165) is 10.4 Å². The van der Waals surface area contributed by atoms with Crippen molar-refractivity contribution in [2.45, 2.75) is 0 Å². The number of hydrogen-bond acceptors (Lipinski definition) is 0. The maximum absolute atomic E-state index is 6.06. The van der Waals surface area contributed by atoms with Gasteiger partial charge in [-0.15, -0.1) is 0 Å². The molecule has 0 saturated heterocycles. The van der Waals surface area contributed by atoms with Crippen LogP contribution < -0.4 is 0 Å². The smallest absolute Gasteiger partial charge is 0.0495 e. The Hall–Kier alpha value is -0.280. The molecule has 0 unspecified atom stereocenters.